The number of aryl methyl sites for hydroxylation is 1. The molecule has 1 N–H and O–H groups in total. The maximum absolute atomic E-state index is 3.58. The molecule has 0 radical (unpaired) electrons. The molecular weight excluding hydrogens is 244 g/mol. The molecule has 1 atom stereocenters. The van der Waals surface area contributed by atoms with Gasteiger partial charge in [0.05, 0.1) is 0 Å². The summed E-state index contributed by atoms with van der Waals surface area (Å²) in [7, 11) is 2.13. The third-order valence-electron chi connectivity index (χ3n) is 4.84. The van der Waals surface area contributed by atoms with Gasteiger partial charge in [-0.25, -0.2) is 0 Å². The van der Waals surface area contributed by atoms with Gasteiger partial charge < -0.3 is 10.2 Å². The first-order chi connectivity index (χ1) is 9.76. The van der Waals surface area contributed by atoms with E-state index in [4.69, 9.17) is 0 Å². The van der Waals surface area contributed by atoms with Crippen LogP contribution in [0.4, 0.5) is 5.69 Å². The number of nitrogens with one attached hydrogen (secondary N) is 1. The van der Waals surface area contributed by atoms with Crippen LogP contribution in [0, 0.1) is 12.8 Å². The van der Waals surface area contributed by atoms with Crippen molar-refractivity contribution < 1.29 is 0 Å². The molecule has 112 valence electrons. The fraction of sp³-hybridized carbons (Fsp3) is 0.667. The monoisotopic (exact) mass is 274 g/mol. The quantitative estimate of drug-likeness (QED) is 0.844. The van der Waals surface area contributed by atoms with Crippen molar-refractivity contribution in [1.29, 1.82) is 0 Å². The van der Waals surface area contributed by atoms with Crippen LogP contribution >= 0.6 is 0 Å². The summed E-state index contributed by atoms with van der Waals surface area (Å²) in [4.78, 5) is 2.53. The van der Waals surface area contributed by atoms with E-state index in [1.54, 1.807) is 0 Å². The summed E-state index contributed by atoms with van der Waals surface area (Å²) in [6, 6.07) is 9.37. The minimum atomic E-state index is 0.620. The molecule has 1 aliphatic carbocycles. The Labute approximate surface area is 124 Å². The van der Waals surface area contributed by atoms with Gasteiger partial charge in [0.25, 0.3) is 0 Å². The van der Waals surface area contributed by atoms with Crippen molar-refractivity contribution in [2.24, 2.45) is 5.92 Å². The van der Waals surface area contributed by atoms with Gasteiger partial charge >= 0.3 is 0 Å². The molecule has 2 heteroatoms. The predicted octanol–water partition coefficient (Wildman–Crippen LogP) is 3.99. The molecule has 20 heavy (non-hydrogen) atoms. The van der Waals surface area contributed by atoms with Gasteiger partial charge in [0, 0.05) is 24.8 Å². The highest BCUT2D eigenvalue weighted by molar-refractivity contribution is 5.53. The molecule has 0 aromatic heterocycles. The summed E-state index contributed by atoms with van der Waals surface area (Å²) >= 11 is 0. The number of hydrogen-bond acceptors (Lipinski definition) is 2. The lowest BCUT2D eigenvalue weighted by molar-refractivity contribution is 0.279. The zero-order chi connectivity index (χ0) is 14.4. The Bertz CT molecular complexity index is 396. The van der Waals surface area contributed by atoms with E-state index in [9.17, 15) is 0 Å². The van der Waals surface area contributed by atoms with Gasteiger partial charge in [0.15, 0.2) is 0 Å². The van der Waals surface area contributed by atoms with Gasteiger partial charge in [-0.15, -0.1) is 0 Å². The van der Waals surface area contributed by atoms with Gasteiger partial charge in [-0.3, -0.25) is 0 Å². The van der Waals surface area contributed by atoms with E-state index in [0.717, 1.165) is 19.0 Å². The zero-order valence-corrected chi connectivity index (χ0v) is 13.4. The number of hydrogen-bond donors (Lipinski definition) is 1. The van der Waals surface area contributed by atoms with Crippen molar-refractivity contribution >= 4 is 5.69 Å². The zero-order valence-electron chi connectivity index (χ0n) is 13.4. The second kappa shape index (κ2) is 7.68. The normalized spacial score (nSPS) is 17.9. The van der Waals surface area contributed by atoms with Gasteiger partial charge in [0.2, 0.25) is 0 Å². The second-order valence-corrected chi connectivity index (χ2v) is 6.12. The molecule has 1 fully saturated rings. The van der Waals surface area contributed by atoms with Crippen LogP contribution in [0.5, 0.6) is 0 Å². The molecule has 2 nitrogen and oxygen atoms in total. The predicted molar refractivity (Wildman–Crippen MR) is 88.5 cm³/mol. The molecule has 1 aromatic carbocycles. The molecule has 1 saturated carbocycles. The number of anilines is 1. The molecule has 1 aliphatic rings. The van der Waals surface area contributed by atoms with Crippen LogP contribution in [-0.4, -0.2) is 26.2 Å². The topological polar surface area (TPSA) is 15.3 Å². The standard InChI is InChI=1S/C18H30N2/c1-4-20(18-13-9-8-10-15(18)2)14-17(19-3)16-11-6-5-7-12-16/h8-10,13,16-17,19H,4-7,11-12,14H2,1-3H3. The van der Waals surface area contributed by atoms with Gasteiger partial charge in [-0.05, 0) is 51.3 Å². The van der Waals surface area contributed by atoms with E-state index in [-0.39, 0.29) is 0 Å². The minimum absolute atomic E-state index is 0.620. The molecule has 0 saturated heterocycles. The average molecular weight is 274 g/mol. The van der Waals surface area contributed by atoms with E-state index in [1.165, 1.54) is 43.4 Å². The van der Waals surface area contributed by atoms with Crippen LogP contribution < -0.4 is 10.2 Å². The van der Waals surface area contributed by atoms with E-state index in [1.807, 2.05) is 0 Å². The van der Waals surface area contributed by atoms with Crippen molar-refractivity contribution in [3.05, 3.63) is 29.8 Å². The third kappa shape index (κ3) is 3.76. The van der Waals surface area contributed by atoms with E-state index in [0.29, 0.717) is 6.04 Å². The fourth-order valence-electron chi connectivity index (χ4n) is 3.57. The summed E-state index contributed by atoms with van der Waals surface area (Å²) in [5.41, 5.74) is 2.78. The lowest BCUT2D eigenvalue weighted by Gasteiger charge is -2.35. The summed E-state index contributed by atoms with van der Waals surface area (Å²) in [5, 5.41) is 3.58. The third-order valence-corrected chi connectivity index (χ3v) is 4.84. The Kier molecular flexibility index (Phi) is 5.90. The summed E-state index contributed by atoms with van der Waals surface area (Å²) in [6.45, 7) is 6.69. The Hall–Kier alpha value is -1.02. The number of likely N-dealkylation sites (N-methyl/N-ethyl adjacent to an activating group) is 2. The fourth-order valence-corrected chi connectivity index (χ4v) is 3.57. The van der Waals surface area contributed by atoms with Crippen molar-refractivity contribution in [2.45, 2.75) is 52.0 Å². The molecule has 1 unspecified atom stereocenters. The second-order valence-electron chi connectivity index (χ2n) is 6.12. The first kappa shape index (κ1) is 15.4. The minimum Gasteiger partial charge on any atom is -0.370 e. The Morgan fingerprint density at radius 2 is 1.90 bits per heavy atom. The van der Waals surface area contributed by atoms with E-state index in [2.05, 4.69) is 55.4 Å². The van der Waals surface area contributed by atoms with Crippen LogP contribution in [0.3, 0.4) is 0 Å². The van der Waals surface area contributed by atoms with Gasteiger partial charge in [-0.2, -0.15) is 0 Å². The smallest absolute Gasteiger partial charge is 0.0396 e. The maximum atomic E-state index is 3.58. The number of benzene rings is 1. The molecule has 1 aromatic rings. The van der Waals surface area contributed by atoms with Crippen LogP contribution in [0.25, 0.3) is 0 Å². The van der Waals surface area contributed by atoms with Crippen molar-refractivity contribution in [2.75, 3.05) is 25.0 Å². The number of nitrogens with zero attached hydrogens (tertiary/aromatic N) is 1. The highest BCUT2D eigenvalue weighted by Gasteiger charge is 2.24. The molecule has 0 heterocycles. The molecular formula is C18H30N2. The highest BCUT2D eigenvalue weighted by atomic mass is 15.2. The van der Waals surface area contributed by atoms with Crippen LogP contribution in [0.1, 0.15) is 44.6 Å². The maximum Gasteiger partial charge on any atom is 0.0396 e. The molecule has 2 rings (SSSR count). The average Bonchev–Trinajstić information content (AvgIpc) is 2.50. The van der Waals surface area contributed by atoms with E-state index < -0.39 is 0 Å². The summed E-state index contributed by atoms with van der Waals surface area (Å²) < 4.78 is 0. The summed E-state index contributed by atoms with van der Waals surface area (Å²) in [5.74, 6) is 0.854. The molecule has 0 aliphatic heterocycles. The van der Waals surface area contributed by atoms with Crippen LogP contribution in [-0.2, 0) is 0 Å². The lowest BCUT2D eigenvalue weighted by atomic mass is 9.83. The molecule has 0 spiro atoms. The Morgan fingerprint density at radius 1 is 1.20 bits per heavy atom. The van der Waals surface area contributed by atoms with Crippen molar-refractivity contribution in [3.8, 4) is 0 Å². The Morgan fingerprint density at radius 3 is 2.50 bits per heavy atom. The van der Waals surface area contributed by atoms with E-state index >= 15 is 0 Å². The largest absolute Gasteiger partial charge is 0.370 e. The van der Waals surface area contributed by atoms with Crippen molar-refractivity contribution in [1.82, 2.24) is 5.32 Å². The van der Waals surface area contributed by atoms with Gasteiger partial charge in [0.1, 0.15) is 0 Å². The Balaban J connectivity index is 2.05. The van der Waals surface area contributed by atoms with Crippen molar-refractivity contribution in [3.63, 3.8) is 0 Å². The molecule has 0 amide bonds. The number of para-hydroxylation sites is 1. The van der Waals surface area contributed by atoms with Crippen LogP contribution in [0.15, 0.2) is 24.3 Å². The first-order valence-corrected chi connectivity index (χ1v) is 8.24. The first-order valence-electron chi connectivity index (χ1n) is 8.24. The van der Waals surface area contributed by atoms with Gasteiger partial charge in [-0.1, -0.05) is 37.5 Å². The number of rotatable bonds is 6. The summed E-state index contributed by atoms with van der Waals surface area (Å²) in [6.07, 6.45) is 7.06. The SMILES string of the molecule is CCN(CC(NC)C1CCCCC1)c1ccccc1C. The molecule has 0 bridgehead atoms. The lowest BCUT2D eigenvalue weighted by Crippen LogP contribution is -2.45. The van der Waals surface area contributed by atoms with Crippen LogP contribution in [0.2, 0.25) is 0 Å². The highest BCUT2D eigenvalue weighted by Crippen LogP contribution is 2.28.